The summed E-state index contributed by atoms with van der Waals surface area (Å²) in [5, 5.41) is 0. The van der Waals surface area contributed by atoms with E-state index < -0.39 is 0 Å². The van der Waals surface area contributed by atoms with E-state index in [0.29, 0.717) is 5.88 Å². The van der Waals surface area contributed by atoms with E-state index in [9.17, 15) is 0 Å². The van der Waals surface area contributed by atoms with Crippen LogP contribution < -0.4 is 9.64 Å². The van der Waals surface area contributed by atoms with Crippen molar-refractivity contribution in [3.8, 4) is 5.88 Å². The molecule has 0 aliphatic carbocycles. The Morgan fingerprint density at radius 3 is 2.62 bits per heavy atom. The van der Waals surface area contributed by atoms with Gasteiger partial charge in [-0.25, -0.2) is 15.0 Å². The molecule has 1 aliphatic heterocycles. The third kappa shape index (κ3) is 3.45. The smallest absolute Gasteiger partial charge is 0.232 e. The monoisotopic (exact) mass is 285 g/mol. The predicted molar refractivity (Wildman–Crippen MR) is 79.4 cm³/mol. The van der Waals surface area contributed by atoms with Crippen molar-refractivity contribution in [2.75, 3.05) is 18.0 Å². The van der Waals surface area contributed by atoms with Crippen LogP contribution in [0.3, 0.4) is 0 Å². The van der Waals surface area contributed by atoms with Gasteiger partial charge in [0, 0.05) is 43.9 Å². The van der Waals surface area contributed by atoms with Gasteiger partial charge in [-0.15, -0.1) is 0 Å². The fraction of sp³-hybridized carbons (Fsp3) is 0.467. The maximum Gasteiger partial charge on any atom is 0.232 e. The van der Waals surface area contributed by atoms with Crippen LogP contribution in [-0.2, 0) is 0 Å². The van der Waals surface area contributed by atoms with E-state index in [1.54, 1.807) is 18.7 Å². The number of nitrogens with zero attached hydrogens (tertiary/aromatic N) is 5. The zero-order chi connectivity index (χ0) is 14.7. The molecule has 0 radical (unpaired) electrons. The summed E-state index contributed by atoms with van der Waals surface area (Å²) in [6.07, 6.45) is 7.13. The van der Waals surface area contributed by atoms with Crippen molar-refractivity contribution in [1.29, 1.82) is 0 Å². The maximum absolute atomic E-state index is 5.91. The first-order chi connectivity index (χ1) is 10.2. The normalized spacial score (nSPS) is 16.0. The lowest BCUT2D eigenvalue weighted by molar-refractivity contribution is 0.163. The molecule has 6 nitrogen and oxygen atoms in total. The highest BCUT2D eigenvalue weighted by molar-refractivity contribution is 5.39. The zero-order valence-electron chi connectivity index (χ0n) is 12.4. The second-order valence-corrected chi connectivity index (χ2v) is 5.32. The lowest BCUT2D eigenvalue weighted by atomic mass is 10.1. The molecule has 1 fully saturated rings. The highest BCUT2D eigenvalue weighted by atomic mass is 16.5. The molecule has 110 valence electrons. The van der Waals surface area contributed by atoms with Gasteiger partial charge < -0.3 is 9.64 Å². The first-order valence-corrected chi connectivity index (χ1v) is 7.19. The number of aromatic nitrogens is 4. The van der Waals surface area contributed by atoms with E-state index in [1.165, 1.54) is 0 Å². The van der Waals surface area contributed by atoms with E-state index in [4.69, 9.17) is 4.74 Å². The molecule has 0 spiro atoms. The van der Waals surface area contributed by atoms with E-state index >= 15 is 0 Å². The van der Waals surface area contributed by atoms with Crippen molar-refractivity contribution in [3.05, 3.63) is 36.2 Å². The quantitative estimate of drug-likeness (QED) is 0.858. The molecule has 0 unspecified atom stereocenters. The third-order valence-corrected chi connectivity index (χ3v) is 3.58. The predicted octanol–water partition coefficient (Wildman–Crippen LogP) is 1.93. The first-order valence-electron chi connectivity index (χ1n) is 7.19. The van der Waals surface area contributed by atoms with Gasteiger partial charge in [-0.2, -0.15) is 0 Å². The molecule has 0 aromatic carbocycles. The van der Waals surface area contributed by atoms with Crippen LogP contribution in [0.1, 0.15) is 24.2 Å². The Morgan fingerprint density at radius 1 is 1.10 bits per heavy atom. The zero-order valence-corrected chi connectivity index (χ0v) is 12.4. The number of ether oxygens (including phenoxy) is 1. The van der Waals surface area contributed by atoms with Crippen molar-refractivity contribution in [3.63, 3.8) is 0 Å². The van der Waals surface area contributed by atoms with E-state index in [-0.39, 0.29) is 6.10 Å². The Hall–Kier alpha value is -2.24. The van der Waals surface area contributed by atoms with Crippen molar-refractivity contribution in [2.24, 2.45) is 0 Å². The summed E-state index contributed by atoms with van der Waals surface area (Å²) >= 11 is 0. The Balaban J connectivity index is 1.58. The SMILES string of the molecule is Cc1cc(N2CCC(Oc3cncc(C)n3)CC2)ncn1. The van der Waals surface area contributed by atoms with E-state index in [2.05, 4.69) is 24.8 Å². The summed E-state index contributed by atoms with van der Waals surface area (Å²) in [5.74, 6) is 1.61. The number of aryl methyl sites for hydroxylation is 2. The van der Waals surface area contributed by atoms with E-state index in [0.717, 1.165) is 43.1 Å². The molecule has 0 atom stereocenters. The Morgan fingerprint density at radius 2 is 1.90 bits per heavy atom. The van der Waals surface area contributed by atoms with Crippen LogP contribution >= 0.6 is 0 Å². The third-order valence-electron chi connectivity index (χ3n) is 3.58. The van der Waals surface area contributed by atoms with Gasteiger partial charge in [0.1, 0.15) is 18.2 Å². The van der Waals surface area contributed by atoms with Crippen LogP contribution in [0.2, 0.25) is 0 Å². The van der Waals surface area contributed by atoms with Gasteiger partial charge in [0.05, 0.1) is 11.9 Å². The number of anilines is 1. The second-order valence-electron chi connectivity index (χ2n) is 5.32. The molecule has 3 heterocycles. The molecular weight excluding hydrogens is 266 g/mol. The highest BCUT2D eigenvalue weighted by Gasteiger charge is 2.22. The highest BCUT2D eigenvalue weighted by Crippen LogP contribution is 2.20. The van der Waals surface area contributed by atoms with Gasteiger partial charge in [0.2, 0.25) is 5.88 Å². The summed E-state index contributed by atoms with van der Waals surface area (Å²) < 4.78 is 5.91. The summed E-state index contributed by atoms with van der Waals surface area (Å²) in [6, 6.07) is 2.02. The maximum atomic E-state index is 5.91. The molecular formula is C15H19N5O. The second kappa shape index (κ2) is 6.03. The van der Waals surface area contributed by atoms with Crippen molar-refractivity contribution < 1.29 is 4.74 Å². The van der Waals surface area contributed by atoms with Gasteiger partial charge in [-0.1, -0.05) is 0 Å². The molecule has 3 rings (SSSR count). The summed E-state index contributed by atoms with van der Waals surface area (Å²) in [6.45, 7) is 5.76. The van der Waals surface area contributed by atoms with Crippen LogP contribution in [0.4, 0.5) is 5.82 Å². The minimum Gasteiger partial charge on any atom is -0.473 e. The summed E-state index contributed by atoms with van der Waals surface area (Å²) in [7, 11) is 0. The van der Waals surface area contributed by atoms with Gasteiger partial charge >= 0.3 is 0 Å². The fourth-order valence-electron chi connectivity index (χ4n) is 2.48. The van der Waals surface area contributed by atoms with Gasteiger partial charge in [-0.05, 0) is 13.8 Å². The molecule has 6 heteroatoms. The number of hydrogen-bond acceptors (Lipinski definition) is 6. The number of hydrogen-bond donors (Lipinski definition) is 0. The topological polar surface area (TPSA) is 64.0 Å². The first kappa shape index (κ1) is 13.7. The minimum absolute atomic E-state index is 0.195. The minimum atomic E-state index is 0.195. The molecule has 0 amide bonds. The fourth-order valence-corrected chi connectivity index (χ4v) is 2.48. The number of piperidine rings is 1. The number of rotatable bonds is 3. The standard InChI is InChI=1S/C15H19N5O/c1-11-7-14(18-10-17-11)20-5-3-13(4-6-20)21-15-9-16-8-12(2)19-15/h7-10,13H,3-6H2,1-2H3. The van der Waals surface area contributed by atoms with Crippen LogP contribution in [0.5, 0.6) is 5.88 Å². The molecule has 0 saturated carbocycles. The molecule has 0 N–H and O–H groups in total. The Bertz CT molecular complexity index is 611. The van der Waals surface area contributed by atoms with Crippen LogP contribution in [0, 0.1) is 13.8 Å². The van der Waals surface area contributed by atoms with E-state index in [1.807, 2.05) is 19.9 Å². The molecule has 0 bridgehead atoms. The Labute approximate surface area is 124 Å². The average molecular weight is 285 g/mol. The molecule has 1 aliphatic rings. The van der Waals surface area contributed by atoms with Gasteiger partial charge in [0.15, 0.2) is 0 Å². The van der Waals surface area contributed by atoms with Crippen molar-refractivity contribution in [1.82, 2.24) is 19.9 Å². The average Bonchev–Trinajstić information content (AvgIpc) is 2.48. The van der Waals surface area contributed by atoms with Crippen LogP contribution in [0.15, 0.2) is 24.8 Å². The lowest BCUT2D eigenvalue weighted by Gasteiger charge is -2.32. The van der Waals surface area contributed by atoms with Crippen molar-refractivity contribution >= 4 is 5.82 Å². The summed E-state index contributed by atoms with van der Waals surface area (Å²) in [4.78, 5) is 19.2. The molecule has 2 aromatic rings. The Kier molecular flexibility index (Phi) is 3.94. The summed E-state index contributed by atoms with van der Waals surface area (Å²) in [5.41, 5.74) is 1.87. The van der Waals surface area contributed by atoms with Gasteiger partial charge in [0.25, 0.3) is 0 Å². The van der Waals surface area contributed by atoms with Gasteiger partial charge in [-0.3, -0.25) is 4.98 Å². The molecule has 1 saturated heterocycles. The largest absolute Gasteiger partial charge is 0.473 e. The van der Waals surface area contributed by atoms with Crippen molar-refractivity contribution in [2.45, 2.75) is 32.8 Å². The molecule has 21 heavy (non-hydrogen) atoms. The van der Waals surface area contributed by atoms with Crippen LogP contribution in [-0.4, -0.2) is 39.1 Å². The van der Waals surface area contributed by atoms with Crippen LogP contribution in [0.25, 0.3) is 0 Å². The molecule has 2 aromatic heterocycles. The lowest BCUT2D eigenvalue weighted by Crippen LogP contribution is -2.38.